The first kappa shape index (κ1) is 21.5. The zero-order valence-electron chi connectivity index (χ0n) is 17.6. The monoisotopic (exact) mass is 412 g/mol. The molecule has 3 rings (SSSR count). The van der Waals surface area contributed by atoms with E-state index in [1.165, 1.54) is 0 Å². The van der Waals surface area contributed by atoms with E-state index in [4.69, 9.17) is 14.2 Å². The van der Waals surface area contributed by atoms with Crippen LogP contribution in [0.2, 0.25) is 0 Å². The third-order valence-electron chi connectivity index (χ3n) is 5.28. The van der Waals surface area contributed by atoms with Crippen LogP contribution in [0.1, 0.15) is 17.5 Å². The van der Waals surface area contributed by atoms with Gasteiger partial charge in [0.15, 0.2) is 11.5 Å². The van der Waals surface area contributed by atoms with Crippen LogP contribution in [0.15, 0.2) is 42.5 Å². The number of ether oxygens (including phenoxy) is 3. The van der Waals surface area contributed by atoms with Gasteiger partial charge in [-0.1, -0.05) is 18.2 Å². The maximum atomic E-state index is 12.5. The molecule has 1 fully saturated rings. The van der Waals surface area contributed by atoms with E-state index in [1.54, 1.807) is 26.2 Å². The maximum Gasteiger partial charge on any atom is 0.225 e. The van der Waals surface area contributed by atoms with Crippen LogP contribution in [0, 0.1) is 5.92 Å². The summed E-state index contributed by atoms with van der Waals surface area (Å²) in [5, 5.41) is 2.95. The molecule has 7 heteroatoms. The number of rotatable bonds is 9. The third-order valence-corrected chi connectivity index (χ3v) is 5.28. The number of hydrogen-bond acceptors (Lipinski definition) is 5. The number of carbonyl (C=O) groups excluding carboxylic acids is 2. The molecule has 30 heavy (non-hydrogen) atoms. The van der Waals surface area contributed by atoms with E-state index in [9.17, 15) is 9.59 Å². The van der Waals surface area contributed by atoms with Crippen molar-refractivity contribution in [2.45, 2.75) is 19.4 Å². The SMILES string of the molecule is COc1ccc(CN2C[C@H](C(=O)NCCc3ccc(OC)c(OC)c3)CC2=O)cc1. The lowest BCUT2D eigenvalue weighted by Crippen LogP contribution is -2.34. The molecule has 0 bridgehead atoms. The molecule has 0 spiro atoms. The van der Waals surface area contributed by atoms with Crippen molar-refractivity contribution in [1.29, 1.82) is 0 Å². The van der Waals surface area contributed by atoms with Crippen molar-refractivity contribution in [3.05, 3.63) is 53.6 Å². The normalized spacial score (nSPS) is 15.8. The second-order valence-electron chi connectivity index (χ2n) is 7.25. The highest BCUT2D eigenvalue weighted by Gasteiger charge is 2.34. The van der Waals surface area contributed by atoms with Gasteiger partial charge in [0.25, 0.3) is 0 Å². The smallest absolute Gasteiger partial charge is 0.225 e. The lowest BCUT2D eigenvalue weighted by molar-refractivity contribution is -0.129. The van der Waals surface area contributed by atoms with E-state index < -0.39 is 0 Å². The summed E-state index contributed by atoms with van der Waals surface area (Å²) in [6.45, 7) is 1.43. The van der Waals surface area contributed by atoms with Gasteiger partial charge in [0.05, 0.1) is 27.2 Å². The Morgan fingerprint density at radius 1 is 1.00 bits per heavy atom. The fraction of sp³-hybridized carbons (Fsp3) is 0.391. The minimum Gasteiger partial charge on any atom is -0.497 e. The van der Waals surface area contributed by atoms with E-state index in [-0.39, 0.29) is 24.2 Å². The summed E-state index contributed by atoms with van der Waals surface area (Å²) in [4.78, 5) is 26.6. The summed E-state index contributed by atoms with van der Waals surface area (Å²) in [7, 11) is 4.81. The van der Waals surface area contributed by atoms with Gasteiger partial charge in [-0.15, -0.1) is 0 Å². The van der Waals surface area contributed by atoms with Crippen molar-refractivity contribution in [3.8, 4) is 17.2 Å². The lowest BCUT2D eigenvalue weighted by Gasteiger charge is -2.17. The van der Waals surface area contributed by atoms with Crippen LogP contribution in [0.4, 0.5) is 0 Å². The molecule has 2 aromatic rings. The van der Waals surface area contributed by atoms with Gasteiger partial charge in [-0.3, -0.25) is 9.59 Å². The summed E-state index contributed by atoms with van der Waals surface area (Å²) >= 11 is 0. The Kier molecular flexibility index (Phi) is 7.17. The van der Waals surface area contributed by atoms with Crippen molar-refractivity contribution in [1.82, 2.24) is 10.2 Å². The van der Waals surface area contributed by atoms with E-state index in [0.29, 0.717) is 37.6 Å². The minimum absolute atomic E-state index is 0.00542. The highest BCUT2D eigenvalue weighted by atomic mass is 16.5. The molecule has 0 aromatic heterocycles. The Labute approximate surface area is 176 Å². The quantitative estimate of drug-likeness (QED) is 0.685. The first-order valence-corrected chi connectivity index (χ1v) is 9.93. The van der Waals surface area contributed by atoms with Gasteiger partial charge < -0.3 is 24.4 Å². The number of carbonyl (C=O) groups is 2. The zero-order chi connectivity index (χ0) is 21.5. The molecular weight excluding hydrogens is 384 g/mol. The van der Waals surface area contributed by atoms with Crippen LogP contribution in [0.3, 0.4) is 0 Å². The first-order chi connectivity index (χ1) is 14.5. The summed E-state index contributed by atoms with van der Waals surface area (Å²) in [5.41, 5.74) is 2.05. The molecule has 7 nitrogen and oxygen atoms in total. The molecule has 1 heterocycles. The van der Waals surface area contributed by atoms with E-state index in [0.717, 1.165) is 16.9 Å². The van der Waals surface area contributed by atoms with Crippen LogP contribution in [0.5, 0.6) is 17.2 Å². The molecule has 160 valence electrons. The highest BCUT2D eigenvalue weighted by Crippen LogP contribution is 2.27. The topological polar surface area (TPSA) is 77.1 Å². The Morgan fingerprint density at radius 2 is 1.70 bits per heavy atom. The molecule has 2 aromatic carbocycles. The molecule has 2 amide bonds. The molecular formula is C23H28N2O5. The number of amides is 2. The van der Waals surface area contributed by atoms with Crippen LogP contribution in [-0.4, -0.2) is 51.1 Å². The molecule has 1 aliphatic rings. The molecule has 1 saturated heterocycles. The van der Waals surface area contributed by atoms with Gasteiger partial charge in [-0.2, -0.15) is 0 Å². The zero-order valence-corrected chi connectivity index (χ0v) is 17.6. The summed E-state index contributed by atoms with van der Waals surface area (Å²) in [6, 6.07) is 13.3. The Balaban J connectivity index is 1.48. The molecule has 0 saturated carbocycles. The summed E-state index contributed by atoms with van der Waals surface area (Å²) < 4.78 is 15.7. The molecule has 1 atom stereocenters. The van der Waals surface area contributed by atoms with Crippen LogP contribution < -0.4 is 19.5 Å². The first-order valence-electron chi connectivity index (χ1n) is 9.93. The van der Waals surface area contributed by atoms with Gasteiger partial charge >= 0.3 is 0 Å². The second kappa shape index (κ2) is 10.0. The van der Waals surface area contributed by atoms with Crippen LogP contribution in [0.25, 0.3) is 0 Å². The number of benzene rings is 2. The number of nitrogens with zero attached hydrogens (tertiary/aromatic N) is 1. The predicted molar refractivity (Wildman–Crippen MR) is 113 cm³/mol. The number of hydrogen-bond donors (Lipinski definition) is 1. The van der Waals surface area contributed by atoms with E-state index in [1.807, 2.05) is 42.5 Å². The minimum atomic E-state index is -0.318. The summed E-state index contributed by atoms with van der Waals surface area (Å²) in [5.74, 6) is 1.72. The van der Waals surface area contributed by atoms with Gasteiger partial charge in [0.1, 0.15) is 5.75 Å². The molecule has 0 radical (unpaired) electrons. The van der Waals surface area contributed by atoms with Gasteiger partial charge in [0.2, 0.25) is 11.8 Å². The standard InChI is InChI=1S/C23H28N2O5/c1-28-19-7-4-17(5-8-19)14-25-15-18(13-22(25)26)23(27)24-11-10-16-6-9-20(29-2)21(12-16)30-3/h4-9,12,18H,10-11,13-15H2,1-3H3,(H,24,27)/t18-/m1/s1. The largest absolute Gasteiger partial charge is 0.497 e. The number of likely N-dealkylation sites (tertiary alicyclic amines) is 1. The fourth-order valence-corrected chi connectivity index (χ4v) is 3.56. The highest BCUT2D eigenvalue weighted by molar-refractivity contribution is 5.89. The Morgan fingerprint density at radius 3 is 2.37 bits per heavy atom. The van der Waals surface area contributed by atoms with Crippen molar-refractivity contribution in [3.63, 3.8) is 0 Å². The lowest BCUT2D eigenvalue weighted by atomic mass is 10.1. The average molecular weight is 412 g/mol. The van der Waals surface area contributed by atoms with Crippen LogP contribution >= 0.6 is 0 Å². The molecule has 0 aliphatic carbocycles. The van der Waals surface area contributed by atoms with Crippen molar-refractivity contribution in [2.75, 3.05) is 34.4 Å². The maximum absolute atomic E-state index is 12.5. The second-order valence-corrected chi connectivity index (χ2v) is 7.25. The van der Waals surface area contributed by atoms with Gasteiger partial charge in [-0.05, 0) is 41.8 Å². The molecule has 1 aliphatic heterocycles. The Hall–Kier alpha value is -3.22. The summed E-state index contributed by atoms with van der Waals surface area (Å²) in [6.07, 6.45) is 0.917. The van der Waals surface area contributed by atoms with E-state index >= 15 is 0 Å². The average Bonchev–Trinajstić information content (AvgIpc) is 3.14. The van der Waals surface area contributed by atoms with Gasteiger partial charge in [0, 0.05) is 26.1 Å². The number of methoxy groups -OCH3 is 3. The molecule has 0 unspecified atom stereocenters. The van der Waals surface area contributed by atoms with Gasteiger partial charge in [-0.25, -0.2) is 0 Å². The fourth-order valence-electron chi connectivity index (χ4n) is 3.56. The van der Waals surface area contributed by atoms with Crippen molar-refractivity contribution < 1.29 is 23.8 Å². The van der Waals surface area contributed by atoms with Crippen molar-refractivity contribution in [2.24, 2.45) is 5.92 Å². The molecule has 1 N–H and O–H groups in total. The Bertz CT molecular complexity index is 882. The van der Waals surface area contributed by atoms with E-state index in [2.05, 4.69) is 5.32 Å². The predicted octanol–water partition coefficient (Wildman–Crippen LogP) is 2.42. The third kappa shape index (κ3) is 5.23. The number of nitrogens with one attached hydrogen (secondary N) is 1. The van der Waals surface area contributed by atoms with Crippen LogP contribution in [-0.2, 0) is 22.6 Å². The van der Waals surface area contributed by atoms with Crippen molar-refractivity contribution >= 4 is 11.8 Å².